The lowest BCUT2D eigenvalue weighted by Gasteiger charge is -2.08. The van der Waals surface area contributed by atoms with Crippen molar-refractivity contribution in [3.63, 3.8) is 0 Å². The number of nitrogens with zero attached hydrogens (tertiary/aromatic N) is 3. The fourth-order valence-electron chi connectivity index (χ4n) is 3.15. The van der Waals surface area contributed by atoms with Crippen LogP contribution in [-0.4, -0.2) is 36.1 Å². The molecule has 0 saturated carbocycles. The molecule has 32 heavy (non-hydrogen) atoms. The first kappa shape index (κ1) is 20.9. The van der Waals surface area contributed by atoms with Crippen molar-refractivity contribution in [3.05, 3.63) is 83.7 Å². The Bertz CT molecular complexity index is 1260. The SMILES string of the molecule is COc1ccc(C(=O)N/N=C\c2cn(-c3ccccc3)nc2-c2ccc(C)o2)c(OC)c1. The van der Waals surface area contributed by atoms with Crippen molar-refractivity contribution in [2.24, 2.45) is 5.10 Å². The Labute approximate surface area is 185 Å². The number of hydrogen-bond acceptors (Lipinski definition) is 6. The van der Waals surface area contributed by atoms with Gasteiger partial charge >= 0.3 is 0 Å². The first-order chi connectivity index (χ1) is 15.6. The van der Waals surface area contributed by atoms with E-state index < -0.39 is 5.91 Å². The molecule has 8 nitrogen and oxygen atoms in total. The van der Waals surface area contributed by atoms with Crippen molar-refractivity contribution < 1.29 is 18.7 Å². The summed E-state index contributed by atoms with van der Waals surface area (Å²) in [4.78, 5) is 12.6. The van der Waals surface area contributed by atoms with Gasteiger partial charge in [-0.1, -0.05) is 18.2 Å². The molecule has 162 valence electrons. The number of para-hydroxylation sites is 1. The van der Waals surface area contributed by atoms with Gasteiger partial charge in [-0.05, 0) is 43.3 Å². The molecule has 0 spiro atoms. The van der Waals surface area contributed by atoms with Gasteiger partial charge in [-0.2, -0.15) is 10.2 Å². The highest BCUT2D eigenvalue weighted by molar-refractivity contribution is 5.98. The lowest BCUT2D eigenvalue weighted by Crippen LogP contribution is -2.18. The monoisotopic (exact) mass is 430 g/mol. The summed E-state index contributed by atoms with van der Waals surface area (Å²) >= 11 is 0. The van der Waals surface area contributed by atoms with Gasteiger partial charge < -0.3 is 13.9 Å². The van der Waals surface area contributed by atoms with Crippen LogP contribution in [0.4, 0.5) is 0 Å². The third-order valence-corrected chi connectivity index (χ3v) is 4.76. The molecule has 4 rings (SSSR count). The molecular formula is C24H22N4O4. The minimum Gasteiger partial charge on any atom is -0.497 e. The van der Waals surface area contributed by atoms with Gasteiger partial charge in [0.15, 0.2) is 5.76 Å². The highest BCUT2D eigenvalue weighted by Crippen LogP contribution is 2.26. The normalized spacial score (nSPS) is 11.0. The lowest BCUT2D eigenvalue weighted by atomic mass is 10.2. The van der Waals surface area contributed by atoms with E-state index in [1.165, 1.54) is 13.3 Å². The molecule has 0 aliphatic rings. The molecule has 0 aliphatic carbocycles. The minimum atomic E-state index is -0.411. The van der Waals surface area contributed by atoms with Crippen molar-refractivity contribution in [2.45, 2.75) is 6.92 Å². The molecule has 1 amide bonds. The molecule has 2 aromatic heterocycles. The summed E-state index contributed by atoms with van der Waals surface area (Å²) in [5.74, 6) is 1.96. The maximum atomic E-state index is 12.6. The van der Waals surface area contributed by atoms with Gasteiger partial charge in [-0.15, -0.1) is 0 Å². The molecule has 0 saturated heterocycles. The van der Waals surface area contributed by atoms with Crippen molar-refractivity contribution >= 4 is 12.1 Å². The Kier molecular flexibility index (Phi) is 6.03. The molecule has 1 N–H and O–H groups in total. The second kappa shape index (κ2) is 9.22. The van der Waals surface area contributed by atoms with Crippen LogP contribution in [0.15, 0.2) is 76.4 Å². The first-order valence-electron chi connectivity index (χ1n) is 9.86. The number of carbonyl (C=O) groups excluding carboxylic acids is 1. The van der Waals surface area contributed by atoms with E-state index in [9.17, 15) is 4.79 Å². The average Bonchev–Trinajstić information content (AvgIpc) is 3.45. The van der Waals surface area contributed by atoms with E-state index >= 15 is 0 Å². The van der Waals surface area contributed by atoms with Crippen LogP contribution in [0.3, 0.4) is 0 Å². The molecule has 2 heterocycles. The largest absolute Gasteiger partial charge is 0.497 e. The Balaban J connectivity index is 1.61. The maximum Gasteiger partial charge on any atom is 0.275 e. The van der Waals surface area contributed by atoms with E-state index in [2.05, 4.69) is 15.6 Å². The third-order valence-electron chi connectivity index (χ3n) is 4.76. The number of hydrazone groups is 1. The number of benzene rings is 2. The fourth-order valence-corrected chi connectivity index (χ4v) is 3.15. The van der Waals surface area contributed by atoms with Gasteiger partial charge in [-0.3, -0.25) is 4.79 Å². The van der Waals surface area contributed by atoms with Gasteiger partial charge in [-0.25, -0.2) is 10.1 Å². The molecule has 0 atom stereocenters. The van der Waals surface area contributed by atoms with Crippen LogP contribution in [0.25, 0.3) is 17.1 Å². The van der Waals surface area contributed by atoms with E-state index in [-0.39, 0.29) is 0 Å². The molecule has 0 bridgehead atoms. The van der Waals surface area contributed by atoms with Crippen LogP contribution < -0.4 is 14.9 Å². The van der Waals surface area contributed by atoms with E-state index in [4.69, 9.17) is 13.9 Å². The molecule has 4 aromatic rings. The van der Waals surface area contributed by atoms with Crippen LogP contribution in [0.2, 0.25) is 0 Å². The van der Waals surface area contributed by atoms with Gasteiger partial charge in [0.1, 0.15) is 23.0 Å². The van der Waals surface area contributed by atoms with Crippen molar-refractivity contribution in [3.8, 4) is 28.6 Å². The zero-order valence-electron chi connectivity index (χ0n) is 17.9. The zero-order valence-corrected chi connectivity index (χ0v) is 17.9. The number of methoxy groups -OCH3 is 2. The van der Waals surface area contributed by atoms with E-state index in [0.29, 0.717) is 34.1 Å². The average molecular weight is 430 g/mol. The quantitative estimate of drug-likeness (QED) is 0.350. The zero-order chi connectivity index (χ0) is 22.5. The Morgan fingerprint density at radius 2 is 1.91 bits per heavy atom. The first-order valence-corrected chi connectivity index (χ1v) is 9.86. The van der Waals surface area contributed by atoms with E-state index in [1.54, 1.807) is 30.0 Å². The molecule has 2 aromatic carbocycles. The van der Waals surface area contributed by atoms with Gasteiger partial charge in [0.25, 0.3) is 5.91 Å². The smallest absolute Gasteiger partial charge is 0.275 e. The van der Waals surface area contributed by atoms with Gasteiger partial charge in [0.2, 0.25) is 0 Å². The summed E-state index contributed by atoms with van der Waals surface area (Å²) in [5, 5.41) is 8.78. The molecular weight excluding hydrogens is 408 g/mol. The Morgan fingerprint density at radius 1 is 1.09 bits per heavy atom. The second-order valence-electron chi connectivity index (χ2n) is 6.89. The van der Waals surface area contributed by atoms with E-state index in [0.717, 1.165) is 11.4 Å². The van der Waals surface area contributed by atoms with Crippen LogP contribution in [0, 0.1) is 6.92 Å². The van der Waals surface area contributed by atoms with Gasteiger partial charge in [0, 0.05) is 17.8 Å². The Morgan fingerprint density at radius 3 is 2.59 bits per heavy atom. The number of amides is 1. The van der Waals surface area contributed by atoms with Crippen molar-refractivity contribution in [2.75, 3.05) is 14.2 Å². The number of furan rings is 1. The number of rotatable bonds is 7. The number of hydrogen-bond donors (Lipinski definition) is 1. The summed E-state index contributed by atoms with van der Waals surface area (Å²) in [6.07, 6.45) is 3.36. The predicted molar refractivity (Wildman–Crippen MR) is 121 cm³/mol. The number of carbonyl (C=O) groups is 1. The topological polar surface area (TPSA) is 90.9 Å². The fraction of sp³-hybridized carbons (Fsp3) is 0.125. The van der Waals surface area contributed by atoms with Crippen molar-refractivity contribution in [1.82, 2.24) is 15.2 Å². The molecule has 0 fully saturated rings. The van der Waals surface area contributed by atoms with E-state index in [1.807, 2.05) is 55.6 Å². The third kappa shape index (κ3) is 4.39. The molecule has 0 radical (unpaired) electrons. The minimum absolute atomic E-state index is 0.340. The predicted octanol–water partition coefficient (Wildman–Crippen LogP) is 4.22. The summed E-state index contributed by atoms with van der Waals surface area (Å²) in [6.45, 7) is 1.87. The van der Waals surface area contributed by atoms with Crippen LogP contribution in [-0.2, 0) is 0 Å². The van der Waals surface area contributed by atoms with Crippen LogP contribution in [0.1, 0.15) is 21.7 Å². The van der Waals surface area contributed by atoms with Crippen LogP contribution >= 0.6 is 0 Å². The number of ether oxygens (including phenoxy) is 2. The molecule has 8 heteroatoms. The van der Waals surface area contributed by atoms with Crippen LogP contribution in [0.5, 0.6) is 11.5 Å². The molecule has 0 unspecified atom stereocenters. The lowest BCUT2D eigenvalue weighted by molar-refractivity contribution is 0.0952. The standard InChI is InChI=1S/C24H22N4O4/c1-16-9-12-21(32-16)23-17(15-28(27-23)18-7-5-4-6-8-18)14-25-26-24(29)20-11-10-19(30-2)13-22(20)31-3/h4-15H,1-3H3,(H,26,29)/b25-14-. The summed E-state index contributed by atoms with van der Waals surface area (Å²) in [7, 11) is 3.04. The summed E-state index contributed by atoms with van der Waals surface area (Å²) in [5.41, 5.74) is 5.07. The maximum absolute atomic E-state index is 12.6. The van der Waals surface area contributed by atoms with Crippen molar-refractivity contribution in [1.29, 1.82) is 0 Å². The molecule has 0 aliphatic heterocycles. The number of aryl methyl sites for hydroxylation is 1. The summed E-state index contributed by atoms with van der Waals surface area (Å²) in [6, 6.07) is 18.4. The summed E-state index contributed by atoms with van der Waals surface area (Å²) < 4.78 is 17.9. The number of aromatic nitrogens is 2. The highest BCUT2D eigenvalue weighted by Gasteiger charge is 2.15. The highest BCUT2D eigenvalue weighted by atomic mass is 16.5. The Hall–Kier alpha value is -4.33. The van der Waals surface area contributed by atoms with Gasteiger partial charge in [0.05, 0.1) is 31.7 Å². The second-order valence-corrected chi connectivity index (χ2v) is 6.89. The number of nitrogens with one attached hydrogen (secondary N) is 1.